The van der Waals surface area contributed by atoms with E-state index in [1.807, 2.05) is 6.92 Å². The van der Waals surface area contributed by atoms with E-state index in [-0.39, 0.29) is 12.1 Å². The summed E-state index contributed by atoms with van der Waals surface area (Å²) in [6, 6.07) is 1.69. The molecule has 1 heterocycles. The average molecular weight is 242 g/mol. The van der Waals surface area contributed by atoms with Gasteiger partial charge in [-0.05, 0) is 32.6 Å². The van der Waals surface area contributed by atoms with Crippen LogP contribution in [0.1, 0.15) is 25.6 Å². The second-order valence-electron chi connectivity index (χ2n) is 4.60. The molecular weight excluding hydrogens is 226 g/mol. The van der Waals surface area contributed by atoms with Gasteiger partial charge in [-0.2, -0.15) is 0 Å². The molecule has 88 valence electrons. The van der Waals surface area contributed by atoms with Crippen molar-refractivity contribution < 1.29 is 5.11 Å². The van der Waals surface area contributed by atoms with Gasteiger partial charge in [-0.15, -0.1) is 0 Å². The summed E-state index contributed by atoms with van der Waals surface area (Å²) in [7, 11) is 0. The van der Waals surface area contributed by atoms with Crippen LogP contribution in [0.15, 0.2) is 6.07 Å². The molecule has 0 bridgehead atoms. The minimum Gasteiger partial charge on any atom is -0.394 e. The van der Waals surface area contributed by atoms with Crippen molar-refractivity contribution in [3.63, 3.8) is 0 Å². The summed E-state index contributed by atoms with van der Waals surface area (Å²) in [5.41, 5.74) is -0.301. The molecule has 0 unspecified atom stereocenters. The average Bonchev–Trinajstić information content (AvgIpc) is 2.98. The van der Waals surface area contributed by atoms with Crippen molar-refractivity contribution in [1.29, 1.82) is 0 Å². The number of aliphatic hydroxyl groups is 1. The highest BCUT2D eigenvalue weighted by atomic mass is 35.5. The first-order chi connectivity index (χ1) is 7.53. The number of aliphatic hydroxyl groups excluding tert-OH is 1. The first-order valence-corrected chi connectivity index (χ1v) is 5.81. The molecule has 2 N–H and O–H groups in total. The van der Waals surface area contributed by atoms with Crippen LogP contribution in [-0.2, 0) is 0 Å². The van der Waals surface area contributed by atoms with Crippen LogP contribution in [0.4, 0.5) is 5.82 Å². The van der Waals surface area contributed by atoms with Crippen LogP contribution in [0.2, 0.25) is 5.15 Å². The zero-order valence-electron chi connectivity index (χ0n) is 9.50. The first-order valence-electron chi connectivity index (χ1n) is 5.44. The molecule has 1 atom stereocenters. The third kappa shape index (κ3) is 2.44. The van der Waals surface area contributed by atoms with Gasteiger partial charge in [-0.1, -0.05) is 11.6 Å². The van der Waals surface area contributed by atoms with Crippen molar-refractivity contribution in [3.8, 4) is 0 Å². The number of hydrogen-bond acceptors (Lipinski definition) is 4. The molecule has 1 aromatic heterocycles. The fraction of sp³-hybridized carbons (Fsp3) is 0.636. The smallest absolute Gasteiger partial charge is 0.134 e. The lowest BCUT2D eigenvalue weighted by atomic mass is 9.97. The van der Waals surface area contributed by atoms with Crippen LogP contribution in [-0.4, -0.2) is 27.2 Å². The summed E-state index contributed by atoms with van der Waals surface area (Å²) in [6.07, 6.45) is 2.31. The molecular formula is C11H16ClN3O. The Labute approximate surface area is 100 Å². The van der Waals surface area contributed by atoms with E-state index in [9.17, 15) is 5.11 Å². The third-order valence-electron chi connectivity index (χ3n) is 3.03. The minimum atomic E-state index is -0.301. The van der Waals surface area contributed by atoms with Gasteiger partial charge in [-0.25, -0.2) is 9.97 Å². The number of anilines is 1. The summed E-state index contributed by atoms with van der Waals surface area (Å²) in [4.78, 5) is 8.26. The fourth-order valence-corrected chi connectivity index (χ4v) is 2.10. The van der Waals surface area contributed by atoms with E-state index in [0.717, 1.165) is 12.8 Å². The number of rotatable bonds is 4. The summed E-state index contributed by atoms with van der Waals surface area (Å²) in [5, 5.41) is 13.1. The number of hydrogen-bond donors (Lipinski definition) is 2. The van der Waals surface area contributed by atoms with Crippen LogP contribution >= 0.6 is 11.6 Å². The molecule has 1 aliphatic carbocycles. The molecule has 5 heteroatoms. The molecule has 4 nitrogen and oxygen atoms in total. The zero-order valence-corrected chi connectivity index (χ0v) is 10.3. The molecule has 0 saturated heterocycles. The van der Waals surface area contributed by atoms with Crippen molar-refractivity contribution in [2.75, 3.05) is 11.9 Å². The molecule has 0 amide bonds. The Morgan fingerprint density at radius 1 is 1.56 bits per heavy atom. The largest absolute Gasteiger partial charge is 0.394 e. The Bertz CT molecular complexity index is 375. The minimum absolute atomic E-state index is 0.0956. The van der Waals surface area contributed by atoms with Crippen molar-refractivity contribution in [1.82, 2.24) is 9.97 Å². The Balaban J connectivity index is 2.18. The van der Waals surface area contributed by atoms with E-state index in [2.05, 4.69) is 15.3 Å². The maximum absolute atomic E-state index is 9.46. The van der Waals surface area contributed by atoms with Gasteiger partial charge in [0.1, 0.15) is 16.8 Å². The number of nitrogens with one attached hydrogen (secondary N) is 1. The number of aromatic nitrogens is 2. The SMILES string of the molecule is Cc1nc(Cl)cc(N[C@](C)(CO)C2CC2)n1. The highest BCUT2D eigenvalue weighted by Crippen LogP contribution is 2.41. The highest BCUT2D eigenvalue weighted by Gasteiger charge is 2.41. The summed E-state index contributed by atoms with van der Waals surface area (Å²) in [6.45, 7) is 3.90. The first kappa shape index (κ1) is 11.6. The molecule has 1 fully saturated rings. The van der Waals surface area contributed by atoms with Gasteiger partial charge < -0.3 is 10.4 Å². The van der Waals surface area contributed by atoms with Gasteiger partial charge in [0.2, 0.25) is 0 Å². The predicted octanol–water partition coefficient (Wildman–Crippen LogP) is 2.01. The summed E-state index contributed by atoms with van der Waals surface area (Å²) >= 11 is 5.86. The van der Waals surface area contributed by atoms with E-state index in [1.54, 1.807) is 13.0 Å². The van der Waals surface area contributed by atoms with Gasteiger partial charge >= 0.3 is 0 Å². The standard InChI is InChI=1S/C11H16ClN3O/c1-7-13-9(12)5-10(14-7)15-11(2,6-16)8-3-4-8/h5,8,16H,3-4,6H2,1-2H3,(H,13,14,15)/t11-/m1/s1. The molecule has 0 spiro atoms. The van der Waals surface area contributed by atoms with Gasteiger partial charge in [0, 0.05) is 6.07 Å². The molecule has 1 saturated carbocycles. The van der Waals surface area contributed by atoms with E-state index in [1.165, 1.54) is 0 Å². The van der Waals surface area contributed by atoms with E-state index in [0.29, 0.717) is 22.7 Å². The number of nitrogens with zero attached hydrogens (tertiary/aromatic N) is 2. The number of aryl methyl sites for hydroxylation is 1. The monoisotopic (exact) mass is 241 g/mol. The van der Waals surface area contributed by atoms with Crippen LogP contribution in [0.3, 0.4) is 0 Å². The van der Waals surface area contributed by atoms with Gasteiger partial charge in [-0.3, -0.25) is 0 Å². The lowest BCUT2D eigenvalue weighted by Crippen LogP contribution is -2.41. The second kappa shape index (κ2) is 4.18. The third-order valence-corrected chi connectivity index (χ3v) is 3.22. The van der Waals surface area contributed by atoms with Gasteiger partial charge in [0.15, 0.2) is 0 Å². The maximum atomic E-state index is 9.46. The highest BCUT2D eigenvalue weighted by molar-refractivity contribution is 6.29. The van der Waals surface area contributed by atoms with Crippen LogP contribution in [0, 0.1) is 12.8 Å². The molecule has 0 aromatic carbocycles. The van der Waals surface area contributed by atoms with E-state index >= 15 is 0 Å². The molecule has 0 aliphatic heterocycles. The normalized spacial score (nSPS) is 19.2. The second-order valence-corrected chi connectivity index (χ2v) is 4.99. The number of halogens is 1. The van der Waals surface area contributed by atoms with Gasteiger partial charge in [0.05, 0.1) is 12.1 Å². The van der Waals surface area contributed by atoms with Gasteiger partial charge in [0.25, 0.3) is 0 Å². The quantitative estimate of drug-likeness (QED) is 0.792. The topological polar surface area (TPSA) is 58.0 Å². The predicted molar refractivity (Wildman–Crippen MR) is 63.6 cm³/mol. The Hall–Kier alpha value is -0.870. The lowest BCUT2D eigenvalue weighted by Gasteiger charge is -2.29. The summed E-state index contributed by atoms with van der Waals surface area (Å²) in [5.74, 6) is 1.83. The fourth-order valence-electron chi connectivity index (χ4n) is 1.88. The van der Waals surface area contributed by atoms with E-state index < -0.39 is 0 Å². The molecule has 1 aliphatic rings. The maximum Gasteiger partial charge on any atom is 0.134 e. The van der Waals surface area contributed by atoms with Crippen molar-refractivity contribution >= 4 is 17.4 Å². The van der Waals surface area contributed by atoms with Crippen molar-refractivity contribution in [2.24, 2.45) is 5.92 Å². The van der Waals surface area contributed by atoms with Crippen molar-refractivity contribution in [2.45, 2.75) is 32.2 Å². The zero-order chi connectivity index (χ0) is 11.8. The molecule has 1 aromatic rings. The summed E-state index contributed by atoms with van der Waals surface area (Å²) < 4.78 is 0. The van der Waals surface area contributed by atoms with Crippen molar-refractivity contribution in [3.05, 3.63) is 17.0 Å². The Morgan fingerprint density at radius 3 is 2.75 bits per heavy atom. The Morgan fingerprint density at radius 2 is 2.25 bits per heavy atom. The van der Waals surface area contributed by atoms with Crippen LogP contribution in [0.5, 0.6) is 0 Å². The molecule has 0 radical (unpaired) electrons. The molecule has 2 rings (SSSR count). The van der Waals surface area contributed by atoms with E-state index in [4.69, 9.17) is 11.6 Å². The van der Waals surface area contributed by atoms with Crippen LogP contribution in [0.25, 0.3) is 0 Å². The lowest BCUT2D eigenvalue weighted by molar-refractivity contribution is 0.205. The Kier molecular flexibility index (Phi) is 3.04. The molecule has 16 heavy (non-hydrogen) atoms. The van der Waals surface area contributed by atoms with Crippen LogP contribution < -0.4 is 5.32 Å².